The first kappa shape index (κ1) is 14.7. The molecule has 6 nitrogen and oxygen atoms in total. The van der Waals surface area contributed by atoms with Crippen molar-refractivity contribution in [2.24, 2.45) is 0 Å². The van der Waals surface area contributed by atoms with Gasteiger partial charge < -0.3 is 9.63 Å². The molecule has 20 heavy (non-hydrogen) atoms. The summed E-state index contributed by atoms with van der Waals surface area (Å²) in [5.74, 6) is 0.355. The van der Waals surface area contributed by atoms with Gasteiger partial charge in [-0.1, -0.05) is 29.4 Å². The van der Waals surface area contributed by atoms with Crippen molar-refractivity contribution in [3.8, 4) is 0 Å². The van der Waals surface area contributed by atoms with Crippen molar-refractivity contribution in [2.75, 3.05) is 0 Å². The van der Waals surface area contributed by atoms with E-state index in [1.165, 1.54) is 0 Å². The molecular weight excluding hydrogens is 280 g/mol. The second kappa shape index (κ2) is 6.17. The van der Waals surface area contributed by atoms with E-state index in [-0.39, 0.29) is 18.9 Å². The van der Waals surface area contributed by atoms with Gasteiger partial charge in [-0.05, 0) is 18.1 Å². The Morgan fingerprint density at radius 1 is 1.25 bits per heavy atom. The minimum absolute atomic E-state index is 0.0594. The molecule has 0 aliphatic heterocycles. The van der Waals surface area contributed by atoms with E-state index in [1.807, 2.05) is 0 Å². The highest BCUT2D eigenvalue weighted by molar-refractivity contribution is 7.88. The van der Waals surface area contributed by atoms with Crippen molar-refractivity contribution in [1.29, 1.82) is 0 Å². The zero-order valence-electron chi connectivity index (χ0n) is 11.0. The fraction of sp³-hybridized carbons (Fsp3) is 0.308. The van der Waals surface area contributed by atoms with Crippen LogP contribution in [-0.2, 0) is 28.9 Å². The molecule has 0 bridgehead atoms. The average Bonchev–Trinajstić information content (AvgIpc) is 2.83. The van der Waals surface area contributed by atoms with Crippen LogP contribution in [0.1, 0.15) is 22.6 Å². The number of hydrogen-bond acceptors (Lipinski definition) is 5. The molecule has 7 heteroatoms. The normalized spacial score (nSPS) is 11.7. The number of benzene rings is 1. The summed E-state index contributed by atoms with van der Waals surface area (Å²) >= 11 is 0. The fourth-order valence-corrected chi connectivity index (χ4v) is 2.79. The van der Waals surface area contributed by atoms with Crippen LogP contribution < -0.4 is 4.72 Å². The smallest absolute Gasteiger partial charge is 0.216 e. The summed E-state index contributed by atoms with van der Waals surface area (Å²) < 4.78 is 31.2. The number of aliphatic hydroxyl groups excluding tert-OH is 1. The van der Waals surface area contributed by atoms with Crippen LogP contribution in [-0.4, -0.2) is 18.7 Å². The van der Waals surface area contributed by atoms with Crippen molar-refractivity contribution in [2.45, 2.75) is 25.8 Å². The van der Waals surface area contributed by atoms with Crippen LogP contribution in [0, 0.1) is 6.92 Å². The maximum absolute atomic E-state index is 11.9. The van der Waals surface area contributed by atoms with Gasteiger partial charge in [0, 0.05) is 6.07 Å². The van der Waals surface area contributed by atoms with Gasteiger partial charge in [-0.2, -0.15) is 0 Å². The van der Waals surface area contributed by atoms with Gasteiger partial charge >= 0.3 is 0 Å². The first-order chi connectivity index (χ1) is 9.48. The topological polar surface area (TPSA) is 92.4 Å². The van der Waals surface area contributed by atoms with Crippen molar-refractivity contribution < 1.29 is 18.0 Å². The Hall–Kier alpha value is -1.70. The molecule has 108 valence electrons. The number of aromatic nitrogens is 1. The third kappa shape index (κ3) is 4.16. The molecule has 1 aromatic carbocycles. The number of rotatable bonds is 6. The summed E-state index contributed by atoms with van der Waals surface area (Å²) in [6.07, 6.45) is 0. The Balaban J connectivity index is 1.96. The van der Waals surface area contributed by atoms with Crippen LogP contribution >= 0.6 is 0 Å². The largest absolute Gasteiger partial charge is 0.392 e. The summed E-state index contributed by atoms with van der Waals surface area (Å²) in [4.78, 5) is 0. The molecule has 0 aliphatic carbocycles. The maximum atomic E-state index is 11.9. The molecule has 2 rings (SSSR count). The van der Waals surface area contributed by atoms with Gasteiger partial charge in [0.05, 0.1) is 24.6 Å². The van der Waals surface area contributed by atoms with E-state index in [4.69, 9.17) is 9.63 Å². The number of nitrogens with zero attached hydrogens (tertiary/aromatic N) is 1. The molecule has 0 radical (unpaired) electrons. The van der Waals surface area contributed by atoms with Crippen LogP contribution in [0.2, 0.25) is 0 Å². The quantitative estimate of drug-likeness (QED) is 0.832. The minimum atomic E-state index is -3.44. The Morgan fingerprint density at radius 3 is 2.45 bits per heavy atom. The number of nitrogens with one attached hydrogen (secondary N) is 1. The zero-order valence-corrected chi connectivity index (χ0v) is 11.9. The summed E-state index contributed by atoms with van der Waals surface area (Å²) in [5.41, 5.74) is 2.11. The first-order valence-corrected chi connectivity index (χ1v) is 7.72. The van der Waals surface area contributed by atoms with E-state index < -0.39 is 10.0 Å². The Kier molecular flexibility index (Phi) is 4.53. The summed E-state index contributed by atoms with van der Waals surface area (Å²) in [5, 5.41) is 12.6. The van der Waals surface area contributed by atoms with Gasteiger partial charge in [0.1, 0.15) is 0 Å². The molecule has 1 aromatic heterocycles. The van der Waals surface area contributed by atoms with Gasteiger partial charge in [-0.3, -0.25) is 0 Å². The number of sulfonamides is 1. The Labute approximate surface area is 117 Å². The predicted octanol–water partition coefficient (Wildman–Crippen LogP) is 1.09. The second-order valence-electron chi connectivity index (χ2n) is 4.49. The molecule has 0 saturated carbocycles. The highest BCUT2D eigenvalue weighted by atomic mass is 32.2. The molecule has 0 aliphatic rings. The van der Waals surface area contributed by atoms with Crippen LogP contribution in [0.4, 0.5) is 0 Å². The average molecular weight is 296 g/mol. The van der Waals surface area contributed by atoms with Crippen molar-refractivity contribution >= 4 is 10.0 Å². The predicted molar refractivity (Wildman–Crippen MR) is 73.1 cm³/mol. The van der Waals surface area contributed by atoms with Gasteiger partial charge in [-0.25, -0.2) is 13.1 Å². The van der Waals surface area contributed by atoms with E-state index in [2.05, 4.69) is 9.88 Å². The SMILES string of the molecule is Cc1cc(CNS(=O)(=O)Cc2ccc(CO)cc2)on1. The molecular formula is C13H16N2O4S. The third-order valence-electron chi connectivity index (χ3n) is 2.71. The van der Waals surface area contributed by atoms with E-state index in [0.717, 1.165) is 5.56 Å². The van der Waals surface area contributed by atoms with E-state index in [1.54, 1.807) is 37.3 Å². The molecule has 2 aromatic rings. The van der Waals surface area contributed by atoms with E-state index >= 15 is 0 Å². The lowest BCUT2D eigenvalue weighted by molar-refractivity contribution is 0.282. The number of aryl methyl sites for hydroxylation is 1. The van der Waals surface area contributed by atoms with Crippen LogP contribution in [0.3, 0.4) is 0 Å². The second-order valence-corrected chi connectivity index (χ2v) is 6.30. The molecule has 0 fully saturated rings. The van der Waals surface area contributed by atoms with Crippen LogP contribution in [0.25, 0.3) is 0 Å². The highest BCUT2D eigenvalue weighted by Gasteiger charge is 2.12. The molecule has 0 saturated heterocycles. The molecule has 0 spiro atoms. The molecule has 0 amide bonds. The Morgan fingerprint density at radius 2 is 1.90 bits per heavy atom. The lowest BCUT2D eigenvalue weighted by Crippen LogP contribution is -2.24. The van der Waals surface area contributed by atoms with E-state index in [0.29, 0.717) is 17.0 Å². The van der Waals surface area contributed by atoms with Gasteiger partial charge in [0.25, 0.3) is 0 Å². The molecule has 1 heterocycles. The van der Waals surface area contributed by atoms with Gasteiger partial charge in [-0.15, -0.1) is 0 Å². The maximum Gasteiger partial charge on any atom is 0.216 e. The minimum Gasteiger partial charge on any atom is -0.392 e. The van der Waals surface area contributed by atoms with Crippen molar-refractivity contribution in [3.05, 3.63) is 52.9 Å². The Bertz CT molecular complexity index is 662. The monoisotopic (exact) mass is 296 g/mol. The summed E-state index contributed by atoms with van der Waals surface area (Å²) in [6.45, 7) is 1.79. The molecule has 0 atom stereocenters. The highest BCUT2D eigenvalue weighted by Crippen LogP contribution is 2.09. The van der Waals surface area contributed by atoms with Gasteiger partial charge in [0.2, 0.25) is 10.0 Å². The summed E-state index contributed by atoms with van der Waals surface area (Å²) in [6, 6.07) is 8.45. The van der Waals surface area contributed by atoms with Gasteiger partial charge in [0.15, 0.2) is 5.76 Å². The van der Waals surface area contributed by atoms with Crippen LogP contribution in [0.5, 0.6) is 0 Å². The zero-order chi connectivity index (χ0) is 14.6. The van der Waals surface area contributed by atoms with Crippen molar-refractivity contribution in [1.82, 2.24) is 9.88 Å². The van der Waals surface area contributed by atoms with Crippen molar-refractivity contribution in [3.63, 3.8) is 0 Å². The standard InChI is InChI=1S/C13H16N2O4S/c1-10-6-13(19-15-10)7-14-20(17,18)9-12-4-2-11(8-16)3-5-12/h2-6,14,16H,7-9H2,1H3. The first-order valence-electron chi connectivity index (χ1n) is 6.07. The lowest BCUT2D eigenvalue weighted by atomic mass is 10.2. The summed E-state index contributed by atoms with van der Waals surface area (Å²) in [7, 11) is -3.44. The van der Waals surface area contributed by atoms with E-state index in [9.17, 15) is 8.42 Å². The number of hydrogen-bond donors (Lipinski definition) is 2. The molecule has 2 N–H and O–H groups in total. The lowest BCUT2D eigenvalue weighted by Gasteiger charge is -2.05. The third-order valence-corrected chi connectivity index (χ3v) is 4.00. The fourth-order valence-electron chi connectivity index (χ4n) is 1.69. The molecule has 0 unspecified atom stereocenters. The number of aliphatic hydroxyl groups is 1. The van der Waals surface area contributed by atoms with Crippen LogP contribution in [0.15, 0.2) is 34.9 Å².